The first-order valence-electron chi connectivity index (χ1n) is 8.66. The van der Waals surface area contributed by atoms with Gasteiger partial charge >= 0.3 is 0 Å². The van der Waals surface area contributed by atoms with Crippen molar-refractivity contribution in [2.45, 2.75) is 6.42 Å². The van der Waals surface area contributed by atoms with Crippen LogP contribution < -0.4 is 10.2 Å². The van der Waals surface area contributed by atoms with Crippen LogP contribution >= 0.6 is 0 Å². The minimum atomic E-state index is -0.0314. The average molecular weight is 350 g/mol. The highest BCUT2D eigenvalue weighted by Crippen LogP contribution is 2.19. The Morgan fingerprint density at radius 2 is 1.69 bits per heavy atom. The SMILES string of the molecule is N#CCc1ccc(NC(=O)CN2CCN(c3ccc(O)cc3)CC2)cc1. The van der Waals surface area contributed by atoms with Gasteiger partial charge in [-0.2, -0.15) is 5.26 Å². The number of hydrogen-bond donors (Lipinski definition) is 2. The lowest BCUT2D eigenvalue weighted by atomic mass is 10.1. The Morgan fingerprint density at radius 3 is 2.31 bits per heavy atom. The van der Waals surface area contributed by atoms with E-state index in [2.05, 4.69) is 21.2 Å². The lowest BCUT2D eigenvalue weighted by molar-refractivity contribution is -0.117. The number of nitriles is 1. The highest BCUT2D eigenvalue weighted by Gasteiger charge is 2.19. The summed E-state index contributed by atoms with van der Waals surface area (Å²) in [5.41, 5.74) is 2.78. The lowest BCUT2D eigenvalue weighted by Gasteiger charge is -2.35. The summed E-state index contributed by atoms with van der Waals surface area (Å²) < 4.78 is 0. The second-order valence-corrected chi connectivity index (χ2v) is 6.36. The maximum absolute atomic E-state index is 12.2. The first-order valence-corrected chi connectivity index (χ1v) is 8.66. The predicted molar refractivity (Wildman–Crippen MR) is 101 cm³/mol. The fraction of sp³-hybridized carbons (Fsp3) is 0.300. The third kappa shape index (κ3) is 4.74. The molecule has 0 radical (unpaired) electrons. The lowest BCUT2D eigenvalue weighted by Crippen LogP contribution is -2.48. The number of amides is 1. The van der Waals surface area contributed by atoms with Crippen molar-refractivity contribution in [2.75, 3.05) is 42.9 Å². The van der Waals surface area contributed by atoms with Crippen LogP contribution in [0.15, 0.2) is 48.5 Å². The van der Waals surface area contributed by atoms with Gasteiger partial charge in [0, 0.05) is 37.6 Å². The van der Waals surface area contributed by atoms with Crippen molar-refractivity contribution in [2.24, 2.45) is 0 Å². The third-order valence-corrected chi connectivity index (χ3v) is 4.48. The van der Waals surface area contributed by atoms with Crippen LogP contribution in [0.25, 0.3) is 0 Å². The van der Waals surface area contributed by atoms with E-state index < -0.39 is 0 Å². The topological polar surface area (TPSA) is 79.6 Å². The number of carbonyl (C=O) groups is 1. The zero-order valence-electron chi connectivity index (χ0n) is 14.6. The first-order chi connectivity index (χ1) is 12.6. The summed E-state index contributed by atoms with van der Waals surface area (Å²) in [6.07, 6.45) is 0.375. The molecule has 1 fully saturated rings. The number of piperazine rings is 1. The maximum Gasteiger partial charge on any atom is 0.238 e. The van der Waals surface area contributed by atoms with E-state index in [1.807, 2.05) is 36.4 Å². The van der Waals surface area contributed by atoms with E-state index in [0.29, 0.717) is 13.0 Å². The molecule has 2 N–H and O–H groups in total. The van der Waals surface area contributed by atoms with Gasteiger partial charge in [-0.1, -0.05) is 12.1 Å². The molecular formula is C20H22N4O2. The van der Waals surface area contributed by atoms with E-state index in [9.17, 15) is 9.90 Å². The molecule has 0 spiro atoms. The highest BCUT2D eigenvalue weighted by molar-refractivity contribution is 5.92. The normalized spacial score (nSPS) is 14.7. The molecule has 0 atom stereocenters. The van der Waals surface area contributed by atoms with Crippen LogP contribution in [0.1, 0.15) is 5.56 Å². The number of benzene rings is 2. The standard InChI is InChI=1S/C20H22N4O2/c21-10-9-16-1-3-17(4-2-16)22-20(26)15-23-11-13-24(14-12-23)18-5-7-19(25)8-6-18/h1-8,25H,9,11-15H2,(H,22,26). The molecule has 2 aromatic carbocycles. The van der Waals surface area contributed by atoms with Gasteiger partial charge in [-0.25, -0.2) is 0 Å². The quantitative estimate of drug-likeness (QED) is 0.864. The summed E-state index contributed by atoms with van der Waals surface area (Å²) >= 11 is 0. The average Bonchev–Trinajstić information content (AvgIpc) is 2.65. The number of nitrogens with zero attached hydrogens (tertiary/aromatic N) is 3. The zero-order chi connectivity index (χ0) is 18.4. The summed E-state index contributed by atoms with van der Waals surface area (Å²) in [6, 6.07) is 16.7. The molecular weight excluding hydrogens is 328 g/mol. The number of anilines is 2. The van der Waals surface area contributed by atoms with E-state index in [0.717, 1.165) is 43.1 Å². The molecule has 0 aromatic heterocycles. The van der Waals surface area contributed by atoms with Crippen LogP contribution in [0.5, 0.6) is 5.75 Å². The molecule has 134 valence electrons. The maximum atomic E-state index is 12.2. The summed E-state index contributed by atoms with van der Waals surface area (Å²) in [6.45, 7) is 3.69. The molecule has 26 heavy (non-hydrogen) atoms. The van der Waals surface area contributed by atoms with Crippen LogP contribution in [-0.2, 0) is 11.2 Å². The Morgan fingerprint density at radius 1 is 1.04 bits per heavy atom. The summed E-state index contributed by atoms with van der Waals surface area (Å²) in [5.74, 6) is 0.237. The van der Waals surface area contributed by atoms with Gasteiger partial charge in [0.05, 0.1) is 19.0 Å². The van der Waals surface area contributed by atoms with Crippen molar-refractivity contribution in [1.29, 1.82) is 5.26 Å². The van der Waals surface area contributed by atoms with Gasteiger partial charge in [-0.15, -0.1) is 0 Å². The zero-order valence-corrected chi connectivity index (χ0v) is 14.6. The Kier molecular flexibility index (Phi) is 5.72. The number of aromatic hydroxyl groups is 1. The number of carbonyl (C=O) groups excluding carboxylic acids is 1. The predicted octanol–water partition coefficient (Wildman–Crippen LogP) is 2.22. The van der Waals surface area contributed by atoms with Crippen molar-refractivity contribution in [3.63, 3.8) is 0 Å². The summed E-state index contributed by atoms with van der Waals surface area (Å²) in [4.78, 5) is 16.6. The molecule has 0 saturated carbocycles. The highest BCUT2D eigenvalue weighted by atomic mass is 16.3. The van der Waals surface area contributed by atoms with E-state index in [1.54, 1.807) is 12.1 Å². The van der Waals surface area contributed by atoms with E-state index in [4.69, 9.17) is 5.26 Å². The Hall–Kier alpha value is -3.04. The fourth-order valence-electron chi connectivity index (χ4n) is 3.03. The number of rotatable bonds is 5. The summed E-state index contributed by atoms with van der Waals surface area (Å²) in [7, 11) is 0. The van der Waals surface area contributed by atoms with Gasteiger partial charge in [0.25, 0.3) is 0 Å². The number of nitrogens with one attached hydrogen (secondary N) is 1. The second kappa shape index (κ2) is 8.37. The third-order valence-electron chi connectivity index (χ3n) is 4.48. The number of phenolic OH excluding ortho intramolecular Hbond substituents is 1. The first kappa shape index (κ1) is 17.8. The fourth-order valence-corrected chi connectivity index (χ4v) is 3.03. The molecule has 1 amide bonds. The largest absolute Gasteiger partial charge is 0.508 e. The van der Waals surface area contributed by atoms with E-state index in [1.165, 1.54) is 0 Å². The second-order valence-electron chi connectivity index (χ2n) is 6.36. The van der Waals surface area contributed by atoms with Crippen molar-refractivity contribution in [3.8, 4) is 11.8 Å². The van der Waals surface area contributed by atoms with E-state index in [-0.39, 0.29) is 11.7 Å². The van der Waals surface area contributed by atoms with Gasteiger partial charge in [0.15, 0.2) is 0 Å². The summed E-state index contributed by atoms with van der Waals surface area (Å²) in [5, 5.41) is 21.0. The van der Waals surface area contributed by atoms with Crippen LogP contribution in [0.3, 0.4) is 0 Å². The molecule has 1 aliphatic rings. The van der Waals surface area contributed by atoms with Gasteiger partial charge < -0.3 is 15.3 Å². The molecule has 1 saturated heterocycles. The van der Waals surface area contributed by atoms with E-state index >= 15 is 0 Å². The van der Waals surface area contributed by atoms with Gasteiger partial charge in [-0.3, -0.25) is 9.69 Å². The minimum absolute atomic E-state index is 0.0314. The van der Waals surface area contributed by atoms with Gasteiger partial charge in [-0.05, 0) is 42.0 Å². The van der Waals surface area contributed by atoms with Crippen LogP contribution in [0.2, 0.25) is 0 Å². The van der Waals surface area contributed by atoms with Gasteiger partial charge in [0.1, 0.15) is 5.75 Å². The van der Waals surface area contributed by atoms with Crippen molar-refractivity contribution in [1.82, 2.24) is 4.90 Å². The molecule has 1 heterocycles. The van der Waals surface area contributed by atoms with Crippen molar-refractivity contribution in [3.05, 3.63) is 54.1 Å². The Labute approximate surface area is 153 Å². The monoisotopic (exact) mass is 350 g/mol. The number of phenols is 1. The minimum Gasteiger partial charge on any atom is -0.508 e. The number of hydrogen-bond acceptors (Lipinski definition) is 5. The smallest absolute Gasteiger partial charge is 0.238 e. The van der Waals surface area contributed by atoms with Crippen molar-refractivity contribution >= 4 is 17.3 Å². The molecule has 0 aliphatic carbocycles. The Bertz CT molecular complexity index is 773. The van der Waals surface area contributed by atoms with Crippen LogP contribution in [0, 0.1) is 11.3 Å². The molecule has 0 bridgehead atoms. The molecule has 6 nitrogen and oxygen atoms in total. The molecule has 1 aliphatic heterocycles. The molecule has 0 unspecified atom stereocenters. The van der Waals surface area contributed by atoms with Gasteiger partial charge in [0.2, 0.25) is 5.91 Å². The van der Waals surface area contributed by atoms with Crippen molar-refractivity contribution < 1.29 is 9.90 Å². The van der Waals surface area contributed by atoms with Crippen LogP contribution in [0.4, 0.5) is 11.4 Å². The van der Waals surface area contributed by atoms with Crippen LogP contribution in [-0.4, -0.2) is 48.6 Å². The Balaban J connectivity index is 1.46. The molecule has 2 aromatic rings. The molecule has 6 heteroatoms. The molecule has 3 rings (SSSR count).